The maximum atomic E-state index is 12.0. The third-order valence-electron chi connectivity index (χ3n) is 3.33. The van der Waals surface area contributed by atoms with Gasteiger partial charge in [0.15, 0.2) is 0 Å². The minimum absolute atomic E-state index is 0.365. The Balaban J connectivity index is 2.19. The van der Waals surface area contributed by atoms with Gasteiger partial charge in [0.1, 0.15) is 6.67 Å². The van der Waals surface area contributed by atoms with Crippen LogP contribution >= 0.6 is 15.9 Å². The number of hydrogen-bond donors (Lipinski definition) is 1. The summed E-state index contributed by atoms with van der Waals surface area (Å²) in [5, 5.41) is 3.22. The molecule has 0 fully saturated rings. The molecule has 0 saturated heterocycles. The Hall–Kier alpha value is -2.14. The molecule has 2 aromatic rings. The lowest BCUT2D eigenvalue weighted by Crippen LogP contribution is -2.19. The highest BCUT2D eigenvalue weighted by Crippen LogP contribution is 2.27. The summed E-state index contributed by atoms with van der Waals surface area (Å²) in [6.07, 6.45) is 0. The molecular formula is C16H13BrN2O2. The molecule has 0 saturated carbocycles. The van der Waals surface area contributed by atoms with Gasteiger partial charge in [0.25, 0.3) is 0 Å². The summed E-state index contributed by atoms with van der Waals surface area (Å²) in [4.78, 5) is 16.5. The molecule has 0 unspecified atom stereocenters. The summed E-state index contributed by atoms with van der Waals surface area (Å²) in [5.41, 5.74) is 4.07. The lowest BCUT2D eigenvalue weighted by Gasteiger charge is -2.20. The Bertz CT molecular complexity index is 741. The van der Waals surface area contributed by atoms with Crippen molar-refractivity contribution in [3.63, 3.8) is 0 Å². The molecule has 0 amide bonds. The molecule has 1 aliphatic heterocycles. The Labute approximate surface area is 131 Å². The number of fused-ring (bicyclic) bond motifs is 1. The van der Waals surface area contributed by atoms with Gasteiger partial charge in [-0.25, -0.2) is 4.79 Å². The Morgan fingerprint density at radius 2 is 2.05 bits per heavy atom. The van der Waals surface area contributed by atoms with E-state index in [0.29, 0.717) is 12.2 Å². The van der Waals surface area contributed by atoms with Gasteiger partial charge in [0, 0.05) is 21.3 Å². The van der Waals surface area contributed by atoms with Crippen molar-refractivity contribution in [1.82, 2.24) is 0 Å². The molecule has 0 radical (unpaired) electrons. The second kappa shape index (κ2) is 5.69. The first-order valence-electron chi connectivity index (χ1n) is 6.46. The molecule has 2 aromatic carbocycles. The van der Waals surface area contributed by atoms with E-state index in [4.69, 9.17) is 4.74 Å². The van der Waals surface area contributed by atoms with Crippen LogP contribution in [0.1, 0.15) is 21.5 Å². The number of methoxy groups -OCH3 is 1. The van der Waals surface area contributed by atoms with Crippen molar-refractivity contribution in [1.29, 1.82) is 0 Å². The third-order valence-corrected chi connectivity index (χ3v) is 3.82. The van der Waals surface area contributed by atoms with Gasteiger partial charge < -0.3 is 10.1 Å². The van der Waals surface area contributed by atoms with Gasteiger partial charge in [-0.15, -0.1) is 0 Å². The molecule has 1 heterocycles. The summed E-state index contributed by atoms with van der Waals surface area (Å²) in [7, 11) is 1.38. The highest BCUT2D eigenvalue weighted by molar-refractivity contribution is 9.10. The molecule has 5 heteroatoms. The number of carbonyl (C=O) groups excluding carboxylic acids is 1. The topological polar surface area (TPSA) is 50.7 Å². The lowest BCUT2D eigenvalue weighted by molar-refractivity contribution is 0.0600. The van der Waals surface area contributed by atoms with Crippen LogP contribution in [0.4, 0.5) is 5.69 Å². The fourth-order valence-electron chi connectivity index (χ4n) is 2.36. The molecule has 106 valence electrons. The fraction of sp³-hybridized carbons (Fsp3) is 0.125. The number of hydrogen-bond acceptors (Lipinski definition) is 4. The average molecular weight is 345 g/mol. The standard InChI is InChI=1S/C16H13BrN2O2/c1-21-16(20)11-7-6-10(17)8-13(11)15-12-4-2-3-5-14(12)18-9-19-15/h2-8,18H,9H2,1H3. The largest absolute Gasteiger partial charge is 0.465 e. The van der Waals surface area contributed by atoms with E-state index in [2.05, 4.69) is 26.2 Å². The van der Waals surface area contributed by atoms with E-state index in [1.165, 1.54) is 7.11 Å². The van der Waals surface area contributed by atoms with E-state index in [1.807, 2.05) is 36.4 Å². The van der Waals surface area contributed by atoms with Crippen LogP contribution in [0.25, 0.3) is 0 Å². The second-order valence-corrected chi connectivity index (χ2v) is 5.48. The molecule has 21 heavy (non-hydrogen) atoms. The number of nitrogens with zero attached hydrogens (tertiary/aromatic N) is 1. The van der Waals surface area contributed by atoms with Crippen molar-refractivity contribution in [2.75, 3.05) is 19.1 Å². The fourth-order valence-corrected chi connectivity index (χ4v) is 2.72. The summed E-state index contributed by atoms with van der Waals surface area (Å²) in [6.45, 7) is 0.486. The van der Waals surface area contributed by atoms with Crippen molar-refractivity contribution < 1.29 is 9.53 Å². The number of carbonyl (C=O) groups is 1. The molecular weight excluding hydrogens is 332 g/mol. The number of nitrogens with one attached hydrogen (secondary N) is 1. The summed E-state index contributed by atoms with van der Waals surface area (Å²) in [6, 6.07) is 13.4. The van der Waals surface area contributed by atoms with Gasteiger partial charge in [0.2, 0.25) is 0 Å². The zero-order valence-corrected chi connectivity index (χ0v) is 13.0. The lowest BCUT2D eigenvalue weighted by atomic mass is 9.95. The quantitative estimate of drug-likeness (QED) is 0.848. The number of esters is 1. The Kier molecular flexibility index (Phi) is 3.75. The summed E-state index contributed by atoms with van der Waals surface area (Å²) < 4.78 is 5.76. The zero-order valence-electron chi connectivity index (χ0n) is 11.4. The van der Waals surface area contributed by atoms with E-state index >= 15 is 0 Å². The molecule has 4 nitrogen and oxygen atoms in total. The van der Waals surface area contributed by atoms with E-state index < -0.39 is 0 Å². The predicted octanol–water partition coefficient (Wildman–Crippen LogP) is 3.46. The van der Waals surface area contributed by atoms with Crippen molar-refractivity contribution in [3.05, 3.63) is 63.6 Å². The van der Waals surface area contributed by atoms with Crippen LogP contribution in [-0.4, -0.2) is 25.5 Å². The van der Waals surface area contributed by atoms with Gasteiger partial charge >= 0.3 is 5.97 Å². The maximum Gasteiger partial charge on any atom is 0.338 e. The minimum Gasteiger partial charge on any atom is -0.465 e. The van der Waals surface area contributed by atoms with Crippen LogP contribution in [0.2, 0.25) is 0 Å². The van der Waals surface area contributed by atoms with Gasteiger partial charge in [-0.05, 0) is 24.3 Å². The van der Waals surface area contributed by atoms with Gasteiger partial charge in [-0.3, -0.25) is 4.99 Å². The SMILES string of the molecule is COC(=O)c1ccc(Br)cc1C1=NCNc2ccccc21. The number of aliphatic imine (C=N–C) groups is 1. The molecule has 0 bridgehead atoms. The average Bonchev–Trinajstić information content (AvgIpc) is 2.53. The van der Waals surface area contributed by atoms with Crippen LogP contribution < -0.4 is 5.32 Å². The summed E-state index contributed by atoms with van der Waals surface area (Å²) in [5.74, 6) is -0.365. The number of anilines is 1. The monoisotopic (exact) mass is 344 g/mol. The van der Waals surface area contributed by atoms with Crippen molar-refractivity contribution >= 4 is 33.3 Å². The molecule has 0 spiro atoms. The van der Waals surface area contributed by atoms with E-state index in [9.17, 15) is 4.79 Å². The molecule has 1 N–H and O–H groups in total. The van der Waals surface area contributed by atoms with Gasteiger partial charge in [0.05, 0.1) is 18.4 Å². The normalized spacial score (nSPS) is 13.0. The molecule has 0 atom stereocenters. The van der Waals surface area contributed by atoms with Crippen LogP contribution in [-0.2, 0) is 4.74 Å². The first-order valence-corrected chi connectivity index (χ1v) is 7.26. The molecule has 0 aromatic heterocycles. The summed E-state index contributed by atoms with van der Waals surface area (Å²) >= 11 is 3.45. The van der Waals surface area contributed by atoms with E-state index in [-0.39, 0.29) is 5.97 Å². The highest BCUT2D eigenvalue weighted by Gasteiger charge is 2.21. The van der Waals surface area contributed by atoms with Crippen LogP contribution in [0.5, 0.6) is 0 Å². The van der Waals surface area contributed by atoms with Crippen molar-refractivity contribution in [3.8, 4) is 0 Å². The number of ether oxygens (including phenoxy) is 1. The van der Waals surface area contributed by atoms with Crippen molar-refractivity contribution in [2.24, 2.45) is 4.99 Å². The first kappa shape index (κ1) is 13.8. The van der Waals surface area contributed by atoms with Gasteiger partial charge in [-0.2, -0.15) is 0 Å². The smallest absolute Gasteiger partial charge is 0.338 e. The van der Waals surface area contributed by atoms with E-state index in [0.717, 1.165) is 27.0 Å². The minimum atomic E-state index is -0.365. The Morgan fingerprint density at radius 1 is 1.24 bits per heavy atom. The predicted molar refractivity (Wildman–Crippen MR) is 86.1 cm³/mol. The van der Waals surface area contributed by atoms with Crippen LogP contribution in [0, 0.1) is 0 Å². The number of rotatable bonds is 2. The zero-order chi connectivity index (χ0) is 14.8. The first-order chi connectivity index (χ1) is 10.2. The van der Waals surface area contributed by atoms with Crippen molar-refractivity contribution in [2.45, 2.75) is 0 Å². The number of para-hydroxylation sites is 1. The van der Waals surface area contributed by atoms with Crippen LogP contribution in [0.3, 0.4) is 0 Å². The molecule has 1 aliphatic rings. The number of benzene rings is 2. The van der Waals surface area contributed by atoms with E-state index in [1.54, 1.807) is 6.07 Å². The molecule has 3 rings (SSSR count). The van der Waals surface area contributed by atoms with Gasteiger partial charge in [-0.1, -0.05) is 34.1 Å². The number of halogens is 1. The molecule has 0 aliphatic carbocycles. The van der Waals surface area contributed by atoms with Crippen LogP contribution in [0.15, 0.2) is 51.9 Å². The second-order valence-electron chi connectivity index (χ2n) is 4.57. The maximum absolute atomic E-state index is 12.0. The third kappa shape index (κ3) is 2.56. The highest BCUT2D eigenvalue weighted by atomic mass is 79.9. The Morgan fingerprint density at radius 3 is 2.86 bits per heavy atom.